The molecule has 1 saturated heterocycles. The number of anilines is 1. The molecule has 3 aliphatic rings. The lowest BCUT2D eigenvalue weighted by Gasteiger charge is -2.31. The van der Waals surface area contributed by atoms with Crippen LogP contribution in [0.2, 0.25) is 0 Å². The Hall–Kier alpha value is -2.55. The van der Waals surface area contributed by atoms with Crippen LogP contribution in [0.5, 0.6) is 0 Å². The van der Waals surface area contributed by atoms with Gasteiger partial charge in [-0.3, -0.25) is 15.6 Å². The van der Waals surface area contributed by atoms with Crippen molar-refractivity contribution in [2.45, 2.75) is 50.2 Å². The van der Waals surface area contributed by atoms with Gasteiger partial charge in [-0.25, -0.2) is 9.97 Å². The first-order valence-electron chi connectivity index (χ1n) is 11.1. The van der Waals surface area contributed by atoms with E-state index in [1.807, 2.05) is 24.4 Å². The molecule has 0 bridgehead atoms. The van der Waals surface area contributed by atoms with Crippen LogP contribution in [-0.4, -0.2) is 40.5 Å². The third kappa shape index (κ3) is 4.03. The molecular weight excluding hydrogens is 408 g/mol. The molecule has 3 fully saturated rings. The van der Waals surface area contributed by atoms with Crippen LogP contribution in [0.4, 0.5) is 5.82 Å². The number of thiophene rings is 1. The highest BCUT2D eigenvalue weighted by molar-refractivity contribution is 7.20. The molecule has 31 heavy (non-hydrogen) atoms. The predicted octanol–water partition coefficient (Wildman–Crippen LogP) is 3.31. The van der Waals surface area contributed by atoms with Crippen molar-refractivity contribution in [2.75, 3.05) is 11.9 Å². The number of nitrogens with zero attached hydrogens (tertiary/aromatic N) is 2. The third-order valence-corrected chi connectivity index (χ3v) is 7.65. The maximum absolute atomic E-state index is 12.4. The standard InChI is InChI=1S/C23H26N6OS/c30-23(27-16-3-4-16)20-10-13-1-2-14(11-19(13)31-20)22-24-8-7-21(28-22)26-17-5-6-18-15(9-17)12-25-29-18/h1-2,7-8,10-11,15-18,25,29H,3-6,9,12H2,(H,27,30)(H,24,26,28). The molecular formula is C23H26N6OS. The van der Waals surface area contributed by atoms with Crippen LogP contribution in [0, 0.1) is 5.92 Å². The Bertz CT molecular complexity index is 1130. The highest BCUT2D eigenvalue weighted by Gasteiger charge is 2.33. The van der Waals surface area contributed by atoms with E-state index in [9.17, 15) is 4.79 Å². The van der Waals surface area contributed by atoms with Gasteiger partial charge in [0.05, 0.1) is 4.88 Å². The first kappa shape index (κ1) is 19.2. The Morgan fingerprint density at radius 2 is 2.00 bits per heavy atom. The van der Waals surface area contributed by atoms with E-state index < -0.39 is 0 Å². The molecule has 2 aliphatic carbocycles. The van der Waals surface area contributed by atoms with Crippen molar-refractivity contribution < 1.29 is 4.79 Å². The number of hydrogen-bond acceptors (Lipinski definition) is 7. The number of nitrogens with one attached hydrogen (secondary N) is 4. The lowest BCUT2D eigenvalue weighted by atomic mass is 9.83. The fourth-order valence-corrected chi connectivity index (χ4v) is 5.69. The zero-order valence-corrected chi connectivity index (χ0v) is 18.0. The Labute approximate surface area is 185 Å². The summed E-state index contributed by atoms with van der Waals surface area (Å²) in [5, 5.41) is 7.78. The molecule has 8 heteroatoms. The zero-order valence-electron chi connectivity index (χ0n) is 17.2. The van der Waals surface area contributed by atoms with Crippen molar-refractivity contribution in [3.8, 4) is 11.4 Å². The largest absolute Gasteiger partial charge is 0.367 e. The molecule has 1 amide bonds. The summed E-state index contributed by atoms with van der Waals surface area (Å²) in [6.45, 7) is 1.04. The van der Waals surface area contributed by atoms with Crippen LogP contribution in [0.25, 0.3) is 21.5 Å². The van der Waals surface area contributed by atoms with Gasteiger partial charge in [0, 0.05) is 41.1 Å². The van der Waals surface area contributed by atoms with Gasteiger partial charge in [-0.05, 0) is 61.6 Å². The minimum absolute atomic E-state index is 0.0371. The summed E-state index contributed by atoms with van der Waals surface area (Å²) in [6, 6.07) is 11.5. The second-order valence-electron chi connectivity index (χ2n) is 8.92. The summed E-state index contributed by atoms with van der Waals surface area (Å²) < 4.78 is 1.08. The van der Waals surface area contributed by atoms with Crippen LogP contribution < -0.4 is 21.5 Å². The Morgan fingerprint density at radius 1 is 1.10 bits per heavy atom. The minimum atomic E-state index is 0.0371. The van der Waals surface area contributed by atoms with E-state index in [1.54, 1.807) is 0 Å². The highest BCUT2D eigenvalue weighted by Crippen LogP contribution is 2.31. The Kier molecular flexibility index (Phi) is 4.85. The summed E-state index contributed by atoms with van der Waals surface area (Å²) in [5.74, 6) is 2.31. The van der Waals surface area contributed by atoms with E-state index in [1.165, 1.54) is 17.8 Å². The molecule has 4 N–H and O–H groups in total. The molecule has 3 heterocycles. The lowest BCUT2D eigenvalue weighted by molar-refractivity contribution is 0.0955. The number of carbonyl (C=O) groups is 1. The molecule has 0 radical (unpaired) electrons. The number of rotatable bonds is 5. The number of fused-ring (bicyclic) bond motifs is 2. The van der Waals surface area contributed by atoms with Gasteiger partial charge in [0.2, 0.25) is 0 Å². The highest BCUT2D eigenvalue weighted by atomic mass is 32.1. The summed E-state index contributed by atoms with van der Waals surface area (Å²) in [4.78, 5) is 22.4. The van der Waals surface area contributed by atoms with Crippen LogP contribution in [0.15, 0.2) is 36.5 Å². The average molecular weight is 435 g/mol. The van der Waals surface area contributed by atoms with E-state index in [2.05, 4.69) is 38.6 Å². The van der Waals surface area contributed by atoms with Crippen LogP contribution in [0.3, 0.4) is 0 Å². The summed E-state index contributed by atoms with van der Waals surface area (Å²) in [6.07, 6.45) is 7.48. The molecule has 1 aliphatic heterocycles. The van der Waals surface area contributed by atoms with Gasteiger partial charge in [-0.15, -0.1) is 11.3 Å². The monoisotopic (exact) mass is 434 g/mol. The SMILES string of the molecule is O=C(NC1CC1)c1cc2ccc(-c3nccc(NC4CCC5NNCC5C4)n3)cc2s1. The Balaban J connectivity index is 1.20. The van der Waals surface area contributed by atoms with Crippen LogP contribution in [0.1, 0.15) is 41.8 Å². The smallest absolute Gasteiger partial charge is 0.261 e. The van der Waals surface area contributed by atoms with Gasteiger partial charge in [-0.2, -0.15) is 0 Å². The van der Waals surface area contributed by atoms with E-state index in [4.69, 9.17) is 4.98 Å². The van der Waals surface area contributed by atoms with Crippen LogP contribution >= 0.6 is 11.3 Å². The fourth-order valence-electron chi connectivity index (χ4n) is 4.69. The first-order valence-corrected chi connectivity index (χ1v) is 12.0. The summed E-state index contributed by atoms with van der Waals surface area (Å²) in [5.41, 5.74) is 7.64. The van der Waals surface area contributed by atoms with Gasteiger partial charge in [-0.1, -0.05) is 12.1 Å². The molecule has 7 nitrogen and oxygen atoms in total. The Morgan fingerprint density at radius 3 is 2.90 bits per heavy atom. The van der Waals surface area contributed by atoms with E-state index in [0.29, 0.717) is 29.9 Å². The summed E-state index contributed by atoms with van der Waals surface area (Å²) >= 11 is 1.53. The molecule has 0 spiro atoms. The maximum Gasteiger partial charge on any atom is 0.261 e. The number of hydrogen-bond donors (Lipinski definition) is 4. The molecule has 3 atom stereocenters. The van der Waals surface area contributed by atoms with Crippen molar-refractivity contribution in [1.29, 1.82) is 0 Å². The number of benzene rings is 1. The zero-order chi connectivity index (χ0) is 20.8. The fraction of sp³-hybridized carbons (Fsp3) is 0.435. The van der Waals surface area contributed by atoms with Crippen molar-refractivity contribution in [1.82, 2.24) is 26.1 Å². The minimum Gasteiger partial charge on any atom is -0.367 e. The van der Waals surface area contributed by atoms with Gasteiger partial charge in [0.25, 0.3) is 5.91 Å². The van der Waals surface area contributed by atoms with Crippen molar-refractivity contribution in [3.05, 3.63) is 41.4 Å². The molecule has 160 valence electrons. The molecule has 2 saturated carbocycles. The molecule has 2 aromatic heterocycles. The number of carbonyl (C=O) groups excluding carboxylic acids is 1. The molecule has 1 aromatic carbocycles. The predicted molar refractivity (Wildman–Crippen MR) is 123 cm³/mol. The number of aromatic nitrogens is 2. The van der Waals surface area contributed by atoms with Gasteiger partial charge >= 0.3 is 0 Å². The molecule has 3 unspecified atom stereocenters. The lowest BCUT2D eigenvalue weighted by Crippen LogP contribution is -2.39. The van der Waals surface area contributed by atoms with Crippen LogP contribution in [-0.2, 0) is 0 Å². The van der Waals surface area contributed by atoms with Gasteiger partial charge < -0.3 is 10.6 Å². The second kappa shape index (κ2) is 7.85. The van der Waals surface area contributed by atoms with Gasteiger partial charge in [0.15, 0.2) is 5.82 Å². The third-order valence-electron chi connectivity index (χ3n) is 6.56. The normalized spacial score (nSPS) is 25.4. The second-order valence-corrected chi connectivity index (χ2v) is 10.0. The topological polar surface area (TPSA) is 91.0 Å². The molecule has 3 aromatic rings. The summed E-state index contributed by atoms with van der Waals surface area (Å²) in [7, 11) is 0. The maximum atomic E-state index is 12.4. The quantitative estimate of drug-likeness (QED) is 0.493. The van der Waals surface area contributed by atoms with Crippen molar-refractivity contribution in [3.63, 3.8) is 0 Å². The molecule has 6 rings (SSSR count). The first-order chi connectivity index (χ1) is 15.2. The number of amides is 1. The van der Waals surface area contributed by atoms with Crippen molar-refractivity contribution in [2.24, 2.45) is 5.92 Å². The van der Waals surface area contributed by atoms with E-state index in [-0.39, 0.29) is 5.91 Å². The van der Waals surface area contributed by atoms with E-state index >= 15 is 0 Å². The van der Waals surface area contributed by atoms with E-state index in [0.717, 1.165) is 58.6 Å². The average Bonchev–Trinajstić information content (AvgIpc) is 3.30. The van der Waals surface area contributed by atoms with Crippen molar-refractivity contribution >= 4 is 33.1 Å². The number of hydrazine groups is 1. The van der Waals surface area contributed by atoms with Gasteiger partial charge in [0.1, 0.15) is 5.82 Å².